The molecule has 2 nitrogen and oxygen atoms in total. The number of hydrogen-bond donors (Lipinski definition) is 2. The van der Waals surface area contributed by atoms with Crippen molar-refractivity contribution in [2.75, 3.05) is 6.61 Å². The molecule has 106 valence electrons. The maximum Gasteiger partial charge on any atom is 0.0588 e. The van der Waals surface area contributed by atoms with Crippen LogP contribution < -0.4 is 5.32 Å². The Bertz CT molecular complexity index is 512. The third kappa shape index (κ3) is 4.44. The van der Waals surface area contributed by atoms with Crippen molar-refractivity contribution in [3.63, 3.8) is 0 Å². The molecule has 0 aliphatic carbocycles. The molecule has 0 saturated heterocycles. The molecule has 0 fully saturated rings. The van der Waals surface area contributed by atoms with E-state index in [1.165, 1.54) is 11.1 Å². The second kappa shape index (κ2) is 7.58. The van der Waals surface area contributed by atoms with Crippen LogP contribution in [0.1, 0.15) is 24.1 Å². The Morgan fingerprint density at radius 1 is 1.05 bits per heavy atom. The predicted molar refractivity (Wildman–Crippen MR) is 86.7 cm³/mol. The van der Waals surface area contributed by atoms with E-state index in [4.69, 9.17) is 0 Å². The Morgan fingerprint density at radius 2 is 1.70 bits per heavy atom. The van der Waals surface area contributed by atoms with Gasteiger partial charge in [-0.3, -0.25) is 0 Å². The Hall–Kier alpha value is -1.16. The highest BCUT2D eigenvalue weighted by Gasteiger charge is 2.13. The normalized spacial score (nSPS) is 13.9. The second-order valence-electron chi connectivity index (χ2n) is 5.01. The summed E-state index contributed by atoms with van der Waals surface area (Å²) in [7, 11) is 0. The highest BCUT2D eigenvalue weighted by molar-refractivity contribution is 9.10. The van der Waals surface area contributed by atoms with Crippen molar-refractivity contribution in [1.29, 1.82) is 0 Å². The smallest absolute Gasteiger partial charge is 0.0588 e. The van der Waals surface area contributed by atoms with Crippen molar-refractivity contribution in [2.45, 2.75) is 25.4 Å². The number of halogens is 1. The first kappa shape index (κ1) is 15.2. The lowest BCUT2D eigenvalue weighted by atomic mass is 10.0. The lowest BCUT2D eigenvalue weighted by molar-refractivity contribution is 0.232. The topological polar surface area (TPSA) is 32.3 Å². The summed E-state index contributed by atoms with van der Waals surface area (Å²) in [6, 6.07) is 18.8. The van der Waals surface area contributed by atoms with Crippen molar-refractivity contribution in [2.24, 2.45) is 0 Å². The van der Waals surface area contributed by atoms with Crippen LogP contribution in [0.2, 0.25) is 0 Å². The Balaban J connectivity index is 1.97. The minimum Gasteiger partial charge on any atom is -0.395 e. The summed E-state index contributed by atoms with van der Waals surface area (Å²) in [6.07, 6.45) is 0.832. The molecule has 0 spiro atoms. The number of rotatable bonds is 6. The molecule has 0 bridgehead atoms. The van der Waals surface area contributed by atoms with Gasteiger partial charge in [0, 0.05) is 16.6 Å². The molecular formula is C17H20BrNO. The van der Waals surface area contributed by atoms with Crippen LogP contribution in [0.3, 0.4) is 0 Å². The third-order valence-electron chi connectivity index (χ3n) is 3.40. The summed E-state index contributed by atoms with van der Waals surface area (Å²) < 4.78 is 1.08. The number of aliphatic hydroxyl groups is 1. The Labute approximate surface area is 129 Å². The van der Waals surface area contributed by atoms with Gasteiger partial charge >= 0.3 is 0 Å². The molecule has 0 amide bonds. The molecular weight excluding hydrogens is 314 g/mol. The van der Waals surface area contributed by atoms with Gasteiger partial charge in [-0.25, -0.2) is 0 Å². The van der Waals surface area contributed by atoms with Gasteiger partial charge in [-0.2, -0.15) is 0 Å². The van der Waals surface area contributed by atoms with E-state index in [9.17, 15) is 5.11 Å². The monoisotopic (exact) mass is 333 g/mol. The van der Waals surface area contributed by atoms with Gasteiger partial charge < -0.3 is 10.4 Å². The fraction of sp³-hybridized carbons (Fsp3) is 0.294. The largest absolute Gasteiger partial charge is 0.395 e. The van der Waals surface area contributed by atoms with Crippen LogP contribution in [0.25, 0.3) is 0 Å². The van der Waals surface area contributed by atoms with Crippen LogP contribution in [0, 0.1) is 0 Å². The highest BCUT2D eigenvalue weighted by Crippen LogP contribution is 2.17. The number of hydrogen-bond acceptors (Lipinski definition) is 2. The quantitative estimate of drug-likeness (QED) is 0.844. The van der Waals surface area contributed by atoms with E-state index in [1.807, 2.05) is 30.3 Å². The summed E-state index contributed by atoms with van der Waals surface area (Å²) in [5, 5.41) is 13.0. The van der Waals surface area contributed by atoms with Gasteiger partial charge in [0.05, 0.1) is 6.61 Å². The van der Waals surface area contributed by atoms with E-state index in [1.54, 1.807) is 0 Å². The van der Waals surface area contributed by atoms with E-state index in [0.29, 0.717) is 0 Å². The molecule has 0 aromatic heterocycles. The van der Waals surface area contributed by atoms with Crippen molar-refractivity contribution < 1.29 is 5.11 Å². The average Bonchev–Trinajstić information content (AvgIpc) is 2.48. The van der Waals surface area contributed by atoms with E-state index in [-0.39, 0.29) is 18.7 Å². The summed E-state index contributed by atoms with van der Waals surface area (Å²) >= 11 is 3.44. The van der Waals surface area contributed by atoms with Crippen LogP contribution in [0.15, 0.2) is 59.1 Å². The molecule has 0 radical (unpaired) electrons. The Morgan fingerprint density at radius 3 is 2.30 bits per heavy atom. The SMILES string of the molecule is CC(NC(CO)Cc1ccccc1)c1ccc(Br)cc1. The molecule has 3 heteroatoms. The molecule has 2 aromatic rings. The zero-order chi connectivity index (χ0) is 14.4. The standard InChI is InChI=1S/C17H20BrNO/c1-13(15-7-9-16(18)10-8-15)19-17(12-20)11-14-5-3-2-4-6-14/h2-10,13,17,19-20H,11-12H2,1H3. The third-order valence-corrected chi connectivity index (χ3v) is 3.93. The molecule has 0 aliphatic rings. The van der Waals surface area contributed by atoms with Crippen LogP contribution in [0.5, 0.6) is 0 Å². The number of nitrogens with one attached hydrogen (secondary N) is 1. The molecule has 20 heavy (non-hydrogen) atoms. The van der Waals surface area contributed by atoms with Crippen molar-refractivity contribution in [3.05, 3.63) is 70.2 Å². The summed E-state index contributed by atoms with van der Waals surface area (Å²) in [5.41, 5.74) is 2.46. The number of aliphatic hydroxyl groups excluding tert-OH is 1. The molecule has 2 rings (SSSR count). The molecule has 2 unspecified atom stereocenters. The van der Waals surface area contributed by atoms with E-state index in [0.717, 1.165) is 10.9 Å². The molecule has 2 N–H and O–H groups in total. The summed E-state index contributed by atoms with van der Waals surface area (Å²) in [5.74, 6) is 0. The lowest BCUT2D eigenvalue weighted by Crippen LogP contribution is -2.36. The van der Waals surface area contributed by atoms with E-state index < -0.39 is 0 Å². The molecule has 2 aromatic carbocycles. The van der Waals surface area contributed by atoms with Gasteiger partial charge in [-0.15, -0.1) is 0 Å². The molecule has 0 saturated carbocycles. The van der Waals surface area contributed by atoms with E-state index >= 15 is 0 Å². The van der Waals surface area contributed by atoms with Gasteiger partial charge in [0.15, 0.2) is 0 Å². The van der Waals surface area contributed by atoms with Crippen LogP contribution in [-0.4, -0.2) is 17.8 Å². The predicted octanol–water partition coefficient (Wildman–Crippen LogP) is 3.70. The fourth-order valence-electron chi connectivity index (χ4n) is 2.28. The summed E-state index contributed by atoms with van der Waals surface area (Å²) in [6.45, 7) is 2.26. The van der Waals surface area contributed by atoms with Crippen LogP contribution >= 0.6 is 15.9 Å². The van der Waals surface area contributed by atoms with Gasteiger partial charge in [-0.1, -0.05) is 58.4 Å². The first-order valence-electron chi connectivity index (χ1n) is 6.85. The molecule has 2 atom stereocenters. The summed E-state index contributed by atoms with van der Waals surface area (Å²) in [4.78, 5) is 0. The lowest BCUT2D eigenvalue weighted by Gasteiger charge is -2.22. The van der Waals surface area contributed by atoms with Crippen LogP contribution in [-0.2, 0) is 6.42 Å². The fourth-order valence-corrected chi connectivity index (χ4v) is 2.54. The maximum absolute atomic E-state index is 9.56. The number of benzene rings is 2. The van der Waals surface area contributed by atoms with Gasteiger partial charge in [0.25, 0.3) is 0 Å². The zero-order valence-corrected chi connectivity index (χ0v) is 13.2. The van der Waals surface area contributed by atoms with Crippen LogP contribution in [0.4, 0.5) is 0 Å². The van der Waals surface area contributed by atoms with Crippen molar-refractivity contribution >= 4 is 15.9 Å². The van der Waals surface area contributed by atoms with Crippen molar-refractivity contribution in [3.8, 4) is 0 Å². The van der Waals surface area contributed by atoms with E-state index in [2.05, 4.69) is 52.4 Å². The first-order chi connectivity index (χ1) is 9.69. The minimum atomic E-state index is 0.0658. The second-order valence-corrected chi connectivity index (χ2v) is 5.92. The Kier molecular flexibility index (Phi) is 5.77. The minimum absolute atomic E-state index is 0.0658. The zero-order valence-electron chi connectivity index (χ0n) is 11.6. The average molecular weight is 334 g/mol. The highest BCUT2D eigenvalue weighted by atomic mass is 79.9. The van der Waals surface area contributed by atoms with Gasteiger partial charge in [0.1, 0.15) is 0 Å². The van der Waals surface area contributed by atoms with Gasteiger partial charge in [-0.05, 0) is 36.6 Å². The van der Waals surface area contributed by atoms with Gasteiger partial charge in [0.2, 0.25) is 0 Å². The van der Waals surface area contributed by atoms with Crippen molar-refractivity contribution in [1.82, 2.24) is 5.32 Å². The molecule has 0 aliphatic heterocycles. The maximum atomic E-state index is 9.56. The molecule has 0 heterocycles. The first-order valence-corrected chi connectivity index (χ1v) is 7.64.